The molecule has 0 saturated carbocycles. The average Bonchev–Trinajstić information content (AvgIpc) is 3.17. The van der Waals surface area contributed by atoms with E-state index >= 15 is 0 Å². The lowest BCUT2D eigenvalue weighted by Gasteiger charge is -2.23. The zero-order chi connectivity index (χ0) is 13.9. The number of carbonyl (C=O) groups is 1. The summed E-state index contributed by atoms with van der Waals surface area (Å²) in [7, 11) is 0. The van der Waals surface area contributed by atoms with Crippen LogP contribution in [0.3, 0.4) is 0 Å². The van der Waals surface area contributed by atoms with Crippen LogP contribution in [0.15, 0.2) is 43.0 Å². The van der Waals surface area contributed by atoms with Crippen LogP contribution in [0.25, 0.3) is 5.69 Å². The van der Waals surface area contributed by atoms with Crippen LogP contribution in [0.4, 0.5) is 0 Å². The van der Waals surface area contributed by atoms with E-state index < -0.39 is 0 Å². The van der Waals surface area contributed by atoms with Gasteiger partial charge in [-0.25, -0.2) is 4.98 Å². The summed E-state index contributed by atoms with van der Waals surface area (Å²) in [6, 6.07) is 7.79. The maximum Gasteiger partial charge on any atom is 0.254 e. The summed E-state index contributed by atoms with van der Waals surface area (Å²) in [4.78, 5) is 18.4. The molecule has 1 amide bonds. The van der Waals surface area contributed by atoms with E-state index in [1.54, 1.807) is 12.5 Å². The first-order valence-electron chi connectivity index (χ1n) is 6.89. The first-order chi connectivity index (χ1) is 9.79. The molecule has 1 atom stereocenters. The summed E-state index contributed by atoms with van der Waals surface area (Å²) in [6.45, 7) is 1.35. The number of nitrogens with zero attached hydrogens (tertiary/aromatic N) is 3. The van der Waals surface area contributed by atoms with Crippen molar-refractivity contribution < 1.29 is 4.79 Å². The Balaban J connectivity index is 1.79. The second kappa shape index (κ2) is 5.46. The van der Waals surface area contributed by atoms with Crippen LogP contribution in [0.2, 0.25) is 0 Å². The largest absolute Gasteiger partial charge is 0.334 e. The molecular weight excluding hydrogens is 252 g/mol. The molecule has 1 unspecified atom stereocenters. The van der Waals surface area contributed by atoms with Gasteiger partial charge in [0.2, 0.25) is 0 Å². The molecule has 5 heteroatoms. The number of benzene rings is 1. The molecule has 104 valence electrons. The molecule has 1 fully saturated rings. The fourth-order valence-electron chi connectivity index (χ4n) is 2.70. The molecule has 1 aromatic heterocycles. The number of amides is 1. The quantitative estimate of drug-likeness (QED) is 0.917. The molecule has 20 heavy (non-hydrogen) atoms. The number of nitrogens with two attached hydrogens (primary N) is 1. The first-order valence-corrected chi connectivity index (χ1v) is 6.89. The molecule has 0 aliphatic carbocycles. The van der Waals surface area contributed by atoms with Gasteiger partial charge in [-0.05, 0) is 37.1 Å². The van der Waals surface area contributed by atoms with Gasteiger partial charge in [-0.3, -0.25) is 4.79 Å². The summed E-state index contributed by atoms with van der Waals surface area (Å²) in [5.41, 5.74) is 7.44. The Kier molecular flexibility index (Phi) is 3.52. The number of likely N-dealkylation sites (tertiary alicyclic amines) is 1. The van der Waals surface area contributed by atoms with Crippen molar-refractivity contribution in [3.63, 3.8) is 0 Å². The van der Waals surface area contributed by atoms with Crippen LogP contribution in [-0.2, 0) is 0 Å². The number of carbonyl (C=O) groups excluding carboxylic acids is 1. The van der Waals surface area contributed by atoms with Gasteiger partial charge >= 0.3 is 0 Å². The maximum absolute atomic E-state index is 12.5. The predicted octanol–water partition coefficient (Wildman–Crippen LogP) is 1.44. The fourth-order valence-corrected chi connectivity index (χ4v) is 2.70. The third-order valence-electron chi connectivity index (χ3n) is 3.83. The Morgan fingerprint density at radius 3 is 2.80 bits per heavy atom. The molecule has 0 radical (unpaired) electrons. The SMILES string of the molecule is NCC1CCCN1C(=O)c1ccc(-n2ccnc2)cc1. The van der Waals surface area contributed by atoms with Crippen LogP contribution in [0, 0.1) is 0 Å². The molecule has 2 N–H and O–H groups in total. The minimum atomic E-state index is 0.0788. The van der Waals surface area contributed by atoms with Crippen LogP contribution in [-0.4, -0.2) is 39.5 Å². The van der Waals surface area contributed by atoms with Crippen molar-refractivity contribution in [3.8, 4) is 5.69 Å². The Morgan fingerprint density at radius 1 is 1.35 bits per heavy atom. The Bertz CT molecular complexity index is 576. The Morgan fingerprint density at radius 2 is 2.15 bits per heavy atom. The third-order valence-corrected chi connectivity index (χ3v) is 3.83. The van der Waals surface area contributed by atoms with Gasteiger partial charge in [-0.2, -0.15) is 0 Å². The molecule has 0 spiro atoms. The normalized spacial score (nSPS) is 18.4. The number of rotatable bonds is 3. The van der Waals surface area contributed by atoms with E-state index in [0.29, 0.717) is 12.1 Å². The lowest BCUT2D eigenvalue weighted by molar-refractivity contribution is 0.0741. The van der Waals surface area contributed by atoms with E-state index in [0.717, 1.165) is 25.1 Å². The highest BCUT2D eigenvalue weighted by atomic mass is 16.2. The van der Waals surface area contributed by atoms with Gasteiger partial charge in [0.15, 0.2) is 0 Å². The van der Waals surface area contributed by atoms with Crippen molar-refractivity contribution in [3.05, 3.63) is 48.5 Å². The molecule has 0 bridgehead atoms. The summed E-state index contributed by atoms with van der Waals surface area (Å²) in [6.07, 6.45) is 7.40. The molecule has 2 aromatic rings. The predicted molar refractivity (Wildman–Crippen MR) is 76.7 cm³/mol. The minimum absolute atomic E-state index is 0.0788. The molecule has 1 aliphatic rings. The number of hydrogen-bond acceptors (Lipinski definition) is 3. The zero-order valence-electron chi connectivity index (χ0n) is 11.3. The van der Waals surface area contributed by atoms with Crippen LogP contribution < -0.4 is 5.73 Å². The zero-order valence-corrected chi connectivity index (χ0v) is 11.3. The van der Waals surface area contributed by atoms with Gasteiger partial charge in [-0.15, -0.1) is 0 Å². The standard InChI is InChI=1S/C15H18N4O/c16-10-14-2-1-8-19(14)15(20)12-3-5-13(6-4-12)18-9-7-17-11-18/h3-7,9,11,14H,1-2,8,10,16H2. The van der Waals surface area contributed by atoms with E-state index in [9.17, 15) is 4.79 Å². The van der Waals surface area contributed by atoms with Gasteiger partial charge in [0, 0.05) is 42.8 Å². The summed E-state index contributed by atoms with van der Waals surface area (Å²) in [5.74, 6) is 0.0788. The van der Waals surface area contributed by atoms with Crippen molar-refractivity contribution >= 4 is 5.91 Å². The van der Waals surface area contributed by atoms with Crippen molar-refractivity contribution in [1.29, 1.82) is 0 Å². The fraction of sp³-hybridized carbons (Fsp3) is 0.333. The van der Waals surface area contributed by atoms with E-state index in [2.05, 4.69) is 4.98 Å². The van der Waals surface area contributed by atoms with E-state index in [1.807, 2.05) is 39.9 Å². The second-order valence-electron chi connectivity index (χ2n) is 5.05. The van der Waals surface area contributed by atoms with Crippen molar-refractivity contribution in [2.75, 3.05) is 13.1 Å². The summed E-state index contributed by atoms with van der Waals surface area (Å²) < 4.78 is 1.91. The second-order valence-corrected chi connectivity index (χ2v) is 5.05. The highest BCUT2D eigenvalue weighted by molar-refractivity contribution is 5.94. The van der Waals surface area contributed by atoms with Crippen LogP contribution >= 0.6 is 0 Å². The highest BCUT2D eigenvalue weighted by Gasteiger charge is 2.28. The molecule has 1 aliphatic heterocycles. The summed E-state index contributed by atoms with van der Waals surface area (Å²) in [5, 5.41) is 0. The number of imidazole rings is 1. The summed E-state index contributed by atoms with van der Waals surface area (Å²) >= 11 is 0. The van der Waals surface area contributed by atoms with Crippen LogP contribution in [0.5, 0.6) is 0 Å². The van der Waals surface area contributed by atoms with E-state index in [-0.39, 0.29) is 11.9 Å². The smallest absolute Gasteiger partial charge is 0.254 e. The third kappa shape index (κ3) is 2.32. The van der Waals surface area contributed by atoms with Gasteiger partial charge in [0.05, 0.1) is 6.33 Å². The van der Waals surface area contributed by atoms with Crippen LogP contribution in [0.1, 0.15) is 23.2 Å². The lowest BCUT2D eigenvalue weighted by atomic mass is 10.1. The average molecular weight is 270 g/mol. The number of hydrogen-bond donors (Lipinski definition) is 1. The molecule has 1 aromatic carbocycles. The van der Waals surface area contributed by atoms with Gasteiger partial charge in [0.1, 0.15) is 0 Å². The molecular formula is C15H18N4O. The van der Waals surface area contributed by atoms with Crippen molar-refractivity contribution in [1.82, 2.24) is 14.5 Å². The Labute approximate surface area is 118 Å². The monoisotopic (exact) mass is 270 g/mol. The van der Waals surface area contributed by atoms with E-state index in [4.69, 9.17) is 5.73 Å². The first kappa shape index (κ1) is 12.9. The highest BCUT2D eigenvalue weighted by Crippen LogP contribution is 2.20. The van der Waals surface area contributed by atoms with Gasteiger partial charge in [-0.1, -0.05) is 0 Å². The van der Waals surface area contributed by atoms with Gasteiger partial charge in [0.25, 0.3) is 5.91 Å². The topological polar surface area (TPSA) is 64.2 Å². The minimum Gasteiger partial charge on any atom is -0.334 e. The van der Waals surface area contributed by atoms with Crippen molar-refractivity contribution in [2.45, 2.75) is 18.9 Å². The number of aromatic nitrogens is 2. The lowest BCUT2D eigenvalue weighted by Crippen LogP contribution is -2.39. The molecule has 2 heterocycles. The van der Waals surface area contributed by atoms with Crippen molar-refractivity contribution in [2.24, 2.45) is 5.73 Å². The molecule has 3 rings (SSSR count). The maximum atomic E-state index is 12.5. The molecule has 5 nitrogen and oxygen atoms in total. The molecule has 1 saturated heterocycles. The van der Waals surface area contributed by atoms with Gasteiger partial charge < -0.3 is 15.2 Å². The van der Waals surface area contributed by atoms with E-state index in [1.165, 1.54) is 0 Å². The Hall–Kier alpha value is -2.14.